The first-order valence-corrected chi connectivity index (χ1v) is 7.85. The molecule has 0 atom stereocenters. The fourth-order valence-electron chi connectivity index (χ4n) is 2.56. The van der Waals surface area contributed by atoms with Gasteiger partial charge < -0.3 is 9.30 Å². The van der Waals surface area contributed by atoms with Crippen molar-refractivity contribution in [3.05, 3.63) is 57.8 Å². The summed E-state index contributed by atoms with van der Waals surface area (Å²) in [5.41, 5.74) is 1.76. The van der Waals surface area contributed by atoms with Crippen LogP contribution in [0.25, 0.3) is 21.2 Å². The van der Waals surface area contributed by atoms with Crippen LogP contribution < -0.4 is 5.56 Å². The lowest BCUT2D eigenvalue weighted by atomic mass is 10.00. The smallest absolute Gasteiger partial charge is 0.355 e. The predicted octanol–water partition coefficient (Wildman–Crippen LogP) is 3.44. The third-order valence-corrected chi connectivity index (χ3v) is 4.44. The number of pyridine rings is 1. The van der Waals surface area contributed by atoms with Crippen LogP contribution in [0, 0.1) is 0 Å². The minimum atomic E-state index is -0.478. The van der Waals surface area contributed by atoms with Crippen LogP contribution in [-0.2, 0) is 11.8 Å². The van der Waals surface area contributed by atoms with Gasteiger partial charge in [-0.1, -0.05) is 30.3 Å². The molecule has 0 aliphatic rings. The van der Waals surface area contributed by atoms with Gasteiger partial charge in [0, 0.05) is 18.0 Å². The fourth-order valence-corrected chi connectivity index (χ4v) is 3.43. The maximum Gasteiger partial charge on any atom is 0.355 e. The summed E-state index contributed by atoms with van der Waals surface area (Å²) < 4.78 is 7.19. The Morgan fingerprint density at radius 1 is 1.23 bits per heavy atom. The van der Waals surface area contributed by atoms with E-state index in [1.54, 1.807) is 14.0 Å². The zero-order valence-corrected chi connectivity index (χ0v) is 13.1. The second kappa shape index (κ2) is 5.77. The van der Waals surface area contributed by atoms with Crippen LogP contribution in [0.3, 0.4) is 0 Å². The Balaban J connectivity index is 2.44. The van der Waals surface area contributed by atoms with E-state index in [0.717, 1.165) is 16.5 Å². The second-order valence-electron chi connectivity index (χ2n) is 4.84. The molecule has 0 unspecified atom stereocenters. The number of esters is 1. The van der Waals surface area contributed by atoms with Crippen molar-refractivity contribution in [2.45, 2.75) is 6.92 Å². The molecular weight excluding hydrogens is 298 g/mol. The van der Waals surface area contributed by atoms with Crippen molar-refractivity contribution < 1.29 is 9.53 Å². The van der Waals surface area contributed by atoms with Crippen molar-refractivity contribution in [1.82, 2.24) is 4.57 Å². The van der Waals surface area contributed by atoms with Crippen molar-refractivity contribution in [2.75, 3.05) is 6.61 Å². The van der Waals surface area contributed by atoms with Crippen LogP contribution >= 0.6 is 11.3 Å². The van der Waals surface area contributed by atoms with Crippen molar-refractivity contribution in [3.8, 4) is 11.1 Å². The molecule has 112 valence electrons. The molecule has 2 aromatic heterocycles. The van der Waals surface area contributed by atoms with Crippen LogP contribution in [0.15, 0.2) is 46.6 Å². The summed E-state index contributed by atoms with van der Waals surface area (Å²) in [7, 11) is 1.61. The van der Waals surface area contributed by atoms with Gasteiger partial charge in [0.25, 0.3) is 5.56 Å². The summed E-state index contributed by atoms with van der Waals surface area (Å²) in [4.78, 5) is 24.9. The molecule has 2 heterocycles. The van der Waals surface area contributed by atoms with E-state index in [0.29, 0.717) is 10.4 Å². The number of nitrogens with zero attached hydrogens (tertiary/aromatic N) is 1. The molecule has 4 nitrogen and oxygen atoms in total. The highest BCUT2D eigenvalue weighted by Gasteiger charge is 2.23. The van der Waals surface area contributed by atoms with E-state index >= 15 is 0 Å². The third kappa shape index (κ3) is 2.23. The quantitative estimate of drug-likeness (QED) is 0.696. The highest BCUT2D eigenvalue weighted by molar-refractivity contribution is 7.17. The Bertz CT molecular complexity index is 893. The van der Waals surface area contributed by atoms with Gasteiger partial charge in [-0.25, -0.2) is 4.79 Å². The maximum absolute atomic E-state index is 12.5. The van der Waals surface area contributed by atoms with E-state index in [-0.39, 0.29) is 12.2 Å². The van der Waals surface area contributed by atoms with Gasteiger partial charge in [0.05, 0.1) is 6.61 Å². The molecule has 0 aliphatic heterocycles. The number of aromatic nitrogens is 1. The number of hydrogen-bond acceptors (Lipinski definition) is 4. The molecule has 0 spiro atoms. The number of carbonyl (C=O) groups is 1. The van der Waals surface area contributed by atoms with E-state index in [1.165, 1.54) is 15.9 Å². The minimum absolute atomic E-state index is 0.173. The van der Waals surface area contributed by atoms with Gasteiger partial charge in [0.1, 0.15) is 10.4 Å². The molecule has 0 bridgehead atoms. The first-order valence-electron chi connectivity index (χ1n) is 6.98. The summed E-state index contributed by atoms with van der Waals surface area (Å²) in [6, 6.07) is 11.5. The SMILES string of the molecule is CCOC(=O)c1c(-c2ccccc2)c2ccsc2c(=O)n1C. The van der Waals surface area contributed by atoms with Gasteiger partial charge in [-0.05, 0) is 23.9 Å². The average Bonchev–Trinajstić information content (AvgIpc) is 3.01. The Kier molecular flexibility index (Phi) is 3.81. The molecule has 3 rings (SSSR count). The normalized spacial score (nSPS) is 10.8. The number of thiophene rings is 1. The lowest BCUT2D eigenvalue weighted by Crippen LogP contribution is -2.25. The Labute approximate surface area is 131 Å². The summed E-state index contributed by atoms with van der Waals surface area (Å²) in [6.45, 7) is 2.02. The molecule has 5 heteroatoms. The van der Waals surface area contributed by atoms with Crippen molar-refractivity contribution in [1.29, 1.82) is 0 Å². The molecule has 0 radical (unpaired) electrons. The zero-order valence-electron chi connectivity index (χ0n) is 12.3. The molecular formula is C17H15NO3S. The molecule has 0 N–H and O–H groups in total. The maximum atomic E-state index is 12.5. The Morgan fingerprint density at radius 2 is 1.95 bits per heavy atom. The number of benzene rings is 1. The van der Waals surface area contributed by atoms with Gasteiger partial charge in [-0.2, -0.15) is 0 Å². The monoisotopic (exact) mass is 313 g/mol. The van der Waals surface area contributed by atoms with Crippen LogP contribution in [-0.4, -0.2) is 17.1 Å². The number of hydrogen-bond donors (Lipinski definition) is 0. The lowest BCUT2D eigenvalue weighted by Gasteiger charge is -2.14. The van der Waals surface area contributed by atoms with Crippen LogP contribution in [0.2, 0.25) is 0 Å². The van der Waals surface area contributed by atoms with E-state index in [2.05, 4.69) is 0 Å². The van der Waals surface area contributed by atoms with Gasteiger partial charge in [0.15, 0.2) is 0 Å². The number of fused-ring (bicyclic) bond motifs is 1. The molecule has 0 amide bonds. The summed E-state index contributed by atoms with van der Waals surface area (Å²) in [5.74, 6) is -0.478. The Hall–Kier alpha value is -2.40. The first-order chi connectivity index (χ1) is 10.6. The molecule has 1 aromatic carbocycles. The lowest BCUT2D eigenvalue weighted by molar-refractivity contribution is 0.0515. The van der Waals surface area contributed by atoms with Gasteiger partial charge in [0.2, 0.25) is 0 Å². The van der Waals surface area contributed by atoms with Gasteiger partial charge >= 0.3 is 5.97 Å². The summed E-state index contributed by atoms with van der Waals surface area (Å²) in [6.07, 6.45) is 0. The fraction of sp³-hybridized carbons (Fsp3) is 0.176. The van der Waals surface area contributed by atoms with Crippen LogP contribution in [0.4, 0.5) is 0 Å². The van der Waals surface area contributed by atoms with Crippen LogP contribution in [0.5, 0.6) is 0 Å². The van der Waals surface area contributed by atoms with E-state index in [1.807, 2.05) is 41.8 Å². The predicted molar refractivity (Wildman–Crippen MR) is 88.5 cm³/mol. The number of rotatable bonds is 3. The molecule has 0 aliphatic carbocycles. The molecule has 0 saturated heterocycles. The van der Waals surface area contributed by atoms with Crippen molar-refractivity contribution in [2.24, 2.45) is 7.05 Å². The Morgan fingerprint density at radius 3 is 2.64 bits per heavy atom. The largest absolute Gasteiger partial charge is 0.461 e. The minimum Gasteiger partial charge on any atom is -0.461 e. The summed E-state index contributed by atoms with van der Waals surface area (Å²) in [5, 5.41) is 2.66. The highest BCUT2D eigenvalue weighted by atomic mass is 32.1. The average molecular weight is 313 g/mol. The first kappa shape index (κ1) is 14.5. The number of carbonyl (C=O) groups excluding carboxylic acids is 1. The van der Waals surface area contributed by atoms with Gasteiger partial charge in [-0.15, -0.1) is 11.3 Å². The second-order valence-corrected chi connectivity index (χ2v) is 5.75. The summed E-state index contributed by atoms with van der Waals surface area (Å²) >= 11 is 1.39. The molecule has 3 aromatic rings. The topological polar surface area (TPSA) is 48.3 Å². The highest BCUT2D eigenvalue weighted by Crippen LogP contribution is 2.33. The molecule has 22 heavy (non-hydrogen) atoms. The standard InChI is InChI=1S/C17H15NO3S/c1-3-21-17(20)14-13(11-7-5-4-6-8-11)12-9-10-22-15(12)16(19)18(14)2/h4-10H,3H2,1-2H3. The number of ether oxygens (including phenoxy) is 1. The molecule has 0 fully saturated rings. The van der Waals surface area contributed by atoms with E-state index in [4.69, 9.17) is 4.74 Å². The van der Waals surface area contributed by atoms with Crippen molar-refractivity contribution in [3.63, 3.8) is 0 Å². The van der Waals surface area contributed by atoms with Crippen LogP contribution in [0.1, 0.15) is 17.4 Å². The van der Waals surface area contributed by atoms with Crippen molar-refractivity contribution >= 4 is 27.4 Å². The third-order valence-electron chi connectivity index (χ3n) is 3.54. The van der Waals surface area contributed by atoms with E-state index < -0.39 is 5.97 Å². The van der Waals surface area contributed by atoms with Gasteiger partial charge in [-0.3, -0.25) is 4.79 Å². The van der Waals surface area contributed by atoms with E-state index in [9.17, 15) is 9.59 Å². The molecule has 0 saturated carbocycles. The zero-order chi connectivity index (χ0) is 15.7.